The SMILES string of the molecule is CC(C(=O)NC1CCCCC1)C(C)(C)C. The molecule has 1 N–H and O–H groups in total. The molecule has 0 heterocycles. The Labute approximate surface area is 93.8 Å². The summed E-state index contributed by atoms with van der Waals surface area (Å²) in [5, 5.41) is 3.19. The topological polar surface area (TPSA) is 29.1 Å². The normalized spacial score (nSPS) is 21.1. The second kappa shape index (κ2) is 5.00. The van der Waals surface area contributed by atoms with Gasteiger partial charge in [-0.3, -0.25) is 4.79 Å². The third kappa shape index (κ3) is 3.84. The highest BCUT2D eigenvalue weighted by Crippen LogP contribution is 2.26. The van der Waals surface area contributed by atoms with Crippen molar-refractivity contribution in [3.8, 4) is 0 Å². The summed E-state index contributed by atoms with van der Waals surface area (Å²) in [7, 11) is 0. The van der Waals surface area contributed by atoms with Gasteiger partial charge in [-0.2, -0.15) is 0 Å². The minimum Gasteiger partial charge on any atom is -0.353 e. The Morgan fingerprint density at radius 3 is 2.20 bits per heavy atom. The zero-order valence-corrected chi connectivity index (χ0v) is 10.6. The molecule has 1 fully saturated rings. The number of amides is 1. The van der Waals surface area contributed by atoms with Crippen LogP contribution in [0.5, 0.6) is 0 Å². The zero-order chi connectivity index (χ0) is 11.5. The summed E-state index contributed by atoms with van der Waals surface area (Å²) in [5.41, 5.74) is 0.0682. The highest BCUT2D eigenvalue weighted by molar-refractivity contribution is 5.79. The summed E-state index contributed by atoms with van der Waals surface area (Å²) in [4.78, 5) is 11.9. The van der Waals surface area contributed by atoms with Gasteiger partial charge in [0.05, 0.1) is 0 Å². The number of carbonyl (C=O) groups is 1. The van der Waals surface area contributed by atoms with E-state index < -0.39 is 0 Å². The second-order valence-corrected chi connectivity index (χ2v) is 5.93. The molecular weight excluding hydrogens is 186 g/mol. The lowest BCUT2D eigenvalue weighted by Gasteiger charge is -2.30. The van der Waals surface area contributed by atoms with Crippen molar-refractivity contribution < 1.29 is 4.79 Å². The third-order valence-electron chi connectivity index (χ3n) is 3.64. The monoisotopic (exact) mass is 211 g/mol. The molecule has 1 aliphatic carbocycles. The summed E-state index contributed by atoms with van der Waals surface area (Å²) in [6.45, 7) is 8.40. The molecule has 1 atom stereocenters. The second-order valence-electron chi connectivity index (χ2n) is 5.93. The fourth-order valence-electron chi connectivity index (χ4n) is 1.97. The van der Waals surface area contributed by atoms with Gasteiger partial charge in [0.25, 0.3) is 0 Å². The van der Waals surface area contributed by atoms with Crippen LogP contribution in [-0.4, -0.2) is 11.9 Å². The minimum absolute atomic E-state index is 0.0682. The van der Waals surface area contributed by atoms with Crippen LogP contribution >= 0.6 is 0 Å². The van der Waals surface area contributed by atoms with Crippen molar-refractivity contribution in [1.82, 2.24) is 5.32 Å². The highest BCUT2D eigenvalue weighted by atomic mass is 16.1. The van der Waals surface area contributed by atoms with Gasteiger partial charge in [0.1, 0.15) is 0 Å². The first-order valence-electron chi connectivity index (χ1n) is 6.21. The van der Waals surface area contributed by atoms with Crippen LogP contribution in [0.2, 0.25) is 0 Å². The van der Waals surface area contributed by atoms with E-state index in [-0.39, 0.29) is 17.2 Å². The predicted molar refractivity (Wildman–Crippen MR) is 63.6 cm³/mol. The van der Waals surface area contributed by atoms with Crippen LogP contribution in [0.1, 0.15) is 59.8 Å². The molecular formula is C13H25NO. The van der Waals surface area contributed by atoms with Gasteiger partial charge in [-0.15, -0.1) is 0 Å². The molecule has 1 unspecified atom stereocenters. The molecule has 0 bridgehead atoms. The Morgan fingerprint density at radius 2 is 1.73 bits per heavy atom. The maximum absolute atomic E-state index is 11.9. The molecule has 15 heavy (non-hydrogen) atoms. The van der Waals surface area contributed by atoms with Crippen molar-refractivity contribution in [2.45, 2.75) is 65.8 Å². The van der Waals surface area contributed by atoms with E-state index in [1.807, 2.05) is 6.92 Å². The van der Waals surface area contributed by atoms with Crippen LogP contribution in [0.3, 0.4) is 0 Å². The molecule has 2 nitrogen and oxygen atoms in total. The number of hydrogen-bond acceptors (Lipinski definition) is 1. The van der Waals surface area contributed by atoms with E-state index in [2.05, 4.69) is 26.1 Å². The first-order chi connectivity index (χ1) is 6.91. The summed E-state index contributed by atoms with van der Waals surface area (Å²) >= 11 is 0. The Kier molecular flexibility index (Phi) is 4.18. The standard InChI is InChI=1S/C13H25NO/c1-10(13(2,3)4)12(15)14-11-8-6-5-7-9-11/h10-11H,5-9H2,1-4H3,(H,14,15). The quantitative estimate of drug-likeness (QED) is 0.747. The van der Waals surface area contributed by atoms with Crippen LogP contribution in [0.15, 0.2) is 0 Å². The van der Waals surface area contributed by atoms with Crippen molar-refractivity contribution >= 4 is 5.91 Å². The lowest BCUT2D eigenvalue weighted by Crippen LogP contribution is -2.42. The molecule has 0 spiro atoms. The molecule has 1 saturated carbocycles. The summed E-state index contributed by atoms with van der Waals surface area (Å²) in [6.07, 6.45) is 6.22. The Bertz CT molecular complexity index is 211. The average molecular weight is 211 g/mol. The fraction of sp³-hybridized carbons (Fsp3) is 0.923. The first kappa shape index (κ1) is 12.5. The van der Waals surface area contributed by atoms with Gasteiger partial charge in [0.2, 0.25) is 5.91 Å². The highest BCUT2D eigenvalue weighted by Gasteiger charge is 2.28. The summed E-state index contributed by atoms with van der Waals surface area (Å²) < 4.78 is 0. The van der Waals surface area contributed by atoms with E-state index in [0.717, 1.165) is 0 Å². The first-order valence-corrected chi connectivity index (χ1v) is 6.21. The average Bonchev–Trinajstić information content (AvgIpc) is 2.16. The molecule has 1 aliphatic rings. The van der Waals surface area contributed by atoms with Gasteiger partial charge >= 0.3 is 0 Å². The molecule has 0 saturated heterocycles. The van der Waals surface area contributed by atoms with Crippen LogP contribution in [0.4, 0.5) is 0 Å². The van der Waals surface area contributed by atoms with Gasteiger partial charge in [-0.25, -0.2) is 0 Å². The number of rotatable bonds is 2. The minimum atomic E-state index is 0.0682. The molecule has 2 heteroatoms. The lowest BCUT2D eigenvalue weighted by atomic mass is 9.81. The Hall–Kier alpha value is -0.530. The maximum Gasteiger partial charge on any atom is 0.223 e. The van der Waals surface area contributed by atoms with Gasteiger partial charge in [-0.05, 0) is 18.3 Å². The molecule has 0 aromatic carbocycles. The van der Waals surface area contributed by atoms with Gasteiger partial charge in [0, 0.05) is 12.0 Å². The number of hydrogen-bond donors (Lipinski definition) is 1. The van der Waals surface area contributed by atoms with Crippen LogP contribution in [0.25, 0.3) is 0 Å². The molecule has 0 radical (unpaired) electrons. The number of carbonyl (C=O) groups excluding carboxylic acids is 1. The van der Waals surface area contributed by atoms with Crippen molar-refractivity contribution in [1.29, 1.82) is 0 Å². The van der Waals surface area contributed by atoms with Crippen LogP contribution in [-0.2, 0) is 4.79 Å². The van der Waals surface area contributed by atoms with Crippen molar-refractivity contribution in [3.63, 3.8) is 0 Å². The van der Waals surface area contributed by atoms with Crippen molar-refractivity contribution in [3.05, 3.63) is 0 Å². The van der Waals surface area contributed by atoms with Gasteiger partial charge < -0.3 is 5.32 Å². The van der Waals surface area contributed by atoms with E-state index in [1.165, 1.54) is 32.1 Å². The zero-order valence-electron chi connectivity index (χ0n) is 10.6. The van der Waals surface area contributed by atoms with E-state index >= 15 is 0 Å². The third-order valence-corrected chi connectivity index (χ3v) is 3.64. The number of nitrogens with one attached hydrogen (secondary N) is 1. The van der Waals surface area contributed by atoms with E-state index in [1.54, 1.807) is 0 Å². The molecule has 88 valence electrons. The summed E-state index contributed by atoms with van der Waals surface area (Å²) in [6, 6.07) is 0.441. The van der Waals surface area contributed by atoms with Crippen molar-refractivity contribution in [2.75, 3.05) is 0 Å². The molecule has 1 amide bonds. The predicted octanol–water partition coefficient (Wildman–Crippen LogP) is 3.12. The van der Waals surface area contributed by atoms with E-state index in [0.29, 0.717) is 6.04 Å². The maximum atomic E-state index is 11.9. The van der Waals surface area contributed by atoms with Gasteiger partial charge in [0.15, 0.2) is 0 Å². The van der Waals surface area contributed by atoms with Crippen LogP contribution in [0, 0.1) is 11.3 Å². The summed E-state index contributed by atoms with van der Waals surface area (Å²) in [5.74, 6) is 0.328. The van der Waals surface area contributed by atoms with E-state index in [9.17, 15) is 4.79 Å². The fourth-order valence-corrected chi connectivity index (χ4v) is 1.97. The van der Waals surface area contributed by atoms with E-state index in [4.69, 9.17) is 0 Å². The largest absolute Gasteiger partial charge is 0.353 e. The van der Waals surface area contributed by atoms with Crippen molar-refractivity contribution in [2.24, 2.45) is 11.3 Å². The smallest absolute Gasteiger partial charge is 0.223 e. The van der Waals surface area contributed by atoms with Gasteiger partial charge in [-0.1, -0.05) is 47.0 Å². The molecule has 1 rings (SSSR count). The molecule has 0 aromatic heterocycles. The Morgan fingerprint density at radius 1 is 1.20 bits per heavy atom. The molecule has 0 aromatic rings. The Balaban J connectivity index is 2.40. The lowest BCUT2D eigenvalue weighted by molar-refractivity contribution is -0.128. The molecule has 0 aliphatic heterocycles. The van der Waals surface area contributed by atoms with Crippen LogP contribution < -0.4 is 5.32 Å².